The van der Waals surface area contributed by atoms with Crippen LogP contribution in [0.3, 0.4) is 0 Å². The Kier molecular flexibility index (Phi) is 11.2. The predicted molar refractivity (Wildman–Crippen MR) is 143 cm³/mol. The molecule has 1 atom stereocenters. The third kappa shape index (κ3) is 6.79. The number of aliphatic imine (C=N–C) groups is 1. The van der Waals surface area contributed by atoms with Crippen LogP contribution in [0, 0.1) is 0 Å². The van der Waals surface area contributed by atoms with Crippen molar-refractivity contribution in [3.8, 4) is 0 Å². The van der Waals surface area contributed by atoms with Crippen LogP contribution in [0.5, 0.6) is 0 Å². The molecule has 2 heterocycles. The van der Waals surface area contributed by atoms with Crippen LogP contribution >= 0.6 is 35.6 Å². The van der Waals surface area contributed by atoms with Gasteiger partial charge in [0.15, 0.2) is 11.6 Å². The maximum atomic E-state index is 6.52. The monoisotopic (exact) mass is 569 g/mol. The van der Waals surface area contributed by atoms with Crippen molar-refractivity contribution in [2.45, 2.75) is 33.2 Å². The van der Waals surface area contributed by atoms with E-state index in [0.29, 0.717) is 13.1 Å². The molecule has 3 aromatic rings. The molecule has 3 rings (SSSR count). The van der Waals surface area contributed by atoms with Crippen molar-refractivity contribution in [2.24, 2.45) is 4.99 Å². The van der Waals surface area contributed by atoms with Gasteiger partial charge in [-0.05, 0) is 43.8 Å². The fraction of sp³-hybridized carbons (Fsp3) is 0.435. The van der Waals surface area contributed by atoms with E-state index in [1.165, 1.54) is 0 Å². The third-order valence-electron chi connectivity index (χ3n) is 5.31. The van der Waals surface area contributed by atoms with Crippen molar-refractivity contribution in [3.05, 3.63) is 65.1 Å². The van der Waals surface area contributed by atoms with Gasteiger partial charge in [0.25, 0.3) is 0 Å². The van der Waals surface area contributed by atoms with Gasteiger partial charge in [0.2, 0.25) is 0 Å². The van der Waals surface area contributed by atoms with Crippen LogP contribution in [-0.2, 0) is 6.42 Å². The zero-order chi connectivity index (χ0) is 22.1. The van der Waals surface area contributed by atoms with E-state index >= 15 is 0 Å². The molecule has 1 aromatic carbocycles. The molecule has 174 valence electrons. The Morgan fingerprint density at radius 3 is 2.53 bits per heavy atom. The Morgan fingerprint density at radius 1 is 1.06 bits per heavy atom. The molecule has 7 nitrogen and oxygen atoms in total. The standard InChI is InChI=1S/C23H32ClN7.HI/c1-4-25-23(26-15-14-22-29-28-21-13-9-10-16-31(21)22)27-17-20(30(5-2)6-3)18-11-7-8-12-19(18)24;/h7-13,16,20H,4-6,14-15,17H2,1-3H3,(H2,25,26,27);1H. The van der Waals surface area contributed by atoms with Crippen molar-refractivity contribution in [1.82, 2.24) is 30.1 Å². The van der Waals surface area contributed by atoms with E-state index in [2.05, 4.69) is 52.6 Å². The van der Waals surface area contributed by atoms with E-state index in [-0.39, 0.29) is 30.0 Å². The average molecular weight is 570 g/mol. The molecule has 0 spiro atoms. The molecule has 2 aromatic heterocycles. The van der Waals surface area contributed by atoms with E-state index in [0.717, 1.165) is 54.1 Å². The Balaban J connectivity index is 0.00000363. The summed E-state index contributed by atoms with van der Waals surface area (Å²) in [5.41, 5.74) is 1.97. The quantitative estimate of drug-likeness (QED) is 0.218. The summed E-state index contributed by atoms with van der Waals surface area (Å²) in [6.07, 6.45) is 2.74. The van der Waals surface area contributed by atoms with Crippen LogP contribution in [0.15, 0.2) is 53.7 Å². The number of likely N-dealkylation sites (N-methyl/N-ethyl adjacent to an activating group) is 1. The number of pyridine rings is 1. The highest BCUT2D eigenvalue weighted by Gasteiger charge is 2.20. The normalized spacial score (nSPS) is 12.6. The second-order valence-electron chi connectivity index (χ2n) is 7.20. The highest BCUT2D eigenvalue weighted by molar-refractivity contribution is 14.0. The number of aromatic nitrogens is 3. The van der Waals surface area contributed by atoms with Gasteiger partial charge in [0, 0.05) is 30.7 Å². The third-order valence-corrected chi connectivity index (χ3v) is 5.65. The molecule has 2 N–H and O–H groups in total. The second kappa shape index (κ2) is 13.6. The van der Waals surface area contributed by atoms with Gasteiger partial charge in [0.1, 0.15) is 5.82 Å². The first-order chi connectivity index (χ1) is 15.2. The zero-order valence-electron chi connectivity index (χ0n) is 19.0. The van der Waals surface area contributed by atoms with E-state index in [4.69, 9.17) is 16.6 Å². The number of hydrogen-bond acceptors (Lipinski definition) is 4. The fourth-order valence-electron chi connectivity index (χ4n) is 3.69. The minimum absolute atomic E-state index is 0. The van der Waals surface area contributed by atoms with Crippen LogP contribution < -0.4 is 10.6 Å². The lowest BCUT2D eigenvalue weighted by Gasteiger charge is -2.29. The van der Waals surface area contributed by atoms with Crippen LogP contribution in [0.25, 0.3) is 5.65 Å². The molecule has 0 aliphatic carbocycles. The summed E-state index contributed by atoms with van der Waals surface area (Å²) in [4.78, 5) is 7.27. The summed E-state index contributed by atoms with van der Waals surface area (Å²) in [7, 11) is 0. The molecule has 0 aliphatic rings. The minimum atomic E-state index is 0. The van der Waals surface area contributed by atoms with Crippen molar-refractivity contribution >= 4 is 47.2 Å². The summed E-state index contributed by atoms with van der Waals surface area (Å²) >= 11 is 6.52. The number of hydrogen-bond donors (Lipinski definition) is 2. The zero-order valence-corrected chi connectivity index (χ0v) is 22.0. The van der Waals surface area contributed by atoms with Gasteiger partial charge in [-0.2, -0.15) is 0 Å². The van der Waals surface area contributed by atoms with Gasteiger partial charge >= 0.3 is 0 Å². The fourth-order valence-corrected chi connectivity index (χ4v) is 3.96. The molecule has 0 amide bonds. The first-order valence-electron chi connectivity index (χ1n) is 11.0. The number of nitrogens with zero attached hydrogens (tertiary/aromatic N) is 5. The SMILES string of the molecule is CCNC(=NCC(c1ccccc1Cl)N(CC)CC)NCCc1nnc2ccccn12.I. The number of rotatable bonds is 10. The number of guanidine groups is 1. The highest BCUT2D eigenvalue weighted by atomic mass is 127. The van der Waals surface area contributed by atoms with Crippen molar-refractivity contribution in [1.29, 1.82) is 0 Å². The highest BCUT2D eigenvalue weighted by Crippen LogP contribution is 2.27. The molecule has 32 heavy (non-hydrogen) atoms. The van der Waals surface area contributed by atoms with Crippen molar-refractivity contribution < 1.29 is 0 Å². The van der Waals surface area contributed by atoms with Gasteiger partial charge in [-0.1, -0.05) is 49.7 Å². The first kappa shape index (κ1) is 26.3. The molecule has 0 saturated carbocycles. The van der Waals surface area contributed by atoms with E-state index in [1.807, 2.05) is 47.0 Å². The number of benzene rings is 1. The summed E-state index contributed by atoms with van der Waals surface area (Å²) in [6, 6.07) is 14.1. The lowest BCUT2D eigenvalue weighted by atomic mass is 10.1. The average Bonchev–Trinajstić information content (AvgIpc) is 3.20. The molecule has 0 bridgehead atoms. The Labute approximate surface area is 212 Å². The lowest BCUT2D eigenvalue weighted by molar-refractivity contribution is 0.224. The summed E-state index contributed by atoms with van der Waals surface area (Å²) in [6.45, 7) is 10.4. The number of nitrogens with one attached hydrogen (secondary N) is 2. The Hall–Kier alpha value is -1.91. The summed E-state index contributed by atoms with van der Waals surface area (Å²) in [5, 5.41) is 16.1. The minimum Gasteiger partial charge on any atom is -0.357 e. The topological polar surface area (TPSA) is 69.8 Å². The smallest absolute Gasteiger partial charge is 0.191 e. The molecular weight excluding hydrogens is 537 g/mol. The van der Waals surface area contributed by atoms with Crippen LogP contribution in [0.2, 0.25) is 5.02 Å². The van der Waals surface area contributed by atoms with E-state index in [9.17, 15) is 0 Å². The Morgan fingerprint density at radius 2 is 1.81 bits per heavy atom. The predicted octanol–water partition coefficient (Wildman–Crippen LogP) is 4.18. The molecular formula is C23H33ClIN7. The number of halogens is 2. The second-order valence-corrected chi connectivity index (χ2v) is 7.61. The summed E-state index contributed by atoms with van der Waals surface area (Å²) < 4.78 is 2.01. The van der Waals surface area contributed by atoms with Crippen molar-refractivity contribution in [3.63, 3.8) is 0 Å². The number of fused-ring (bicyclic) bond motifs is 1. The van der Waals surface area contributed by atoms with Gasteiger partial charge in [-0.25, -0.2) is 0 Å². The molecule has 1 unspecified atom stereocenters. The van der Waals surface area contributed by atoms with Crippen LogP contribution in [-0.4, -0.2) is 58.2 Å². The molecule has 0 saturated heterocycles. The summed E-state index contributed by atoms with van der Waals surface area (Å²) in [5.74, 6) is 1.72. The van der Waals surface area contributed by atoms with Gasteiger partial charge in [0.05, 0.1) is 12.6 Å². The maximum absolute atomic E-state index is 6.52. The van der Waals surface area contributed by atoms with Crippen LogP contribution in [0.1, 0.15) is 38.2 Å². The van der Waals surface area contributed by atoms with E-state index < -0.39 is 0 Å². The molecule has 9 heteroatoms. The van der Waals surface area contributed by atoms with Gasteiger partial charge in [-0.3, -0.25) is 14.3 Å². The van der Waals surface area contributed by atoms with Gasteiger partial charge in [-0.15, -0.1) is 34.2 Å². The first-order valence-corrected chi connectivity index (χ1v) is 11.3. The Bertz CT molecular complexity index is 987. The molecule has 0 fully saturated rings. The molecule has 0 radical (unpaired) electrons. The lowest BCUT2D eigenvalue weighted by Crippen LogP contribution is -2.39. The van der Waals surface area contributed by atoms with Crippen LogP contribution in [0.4, 0.5) is 0 Å². The molecule has 0 aliphatic heterocycles. The van der Waals surface area contributed by atoms with Crippen molar-refractivity contribution in [2.75, 3.05) is 32.7 Å². The van der Waals surface area contributed by atoms with E-state index in [1.54, 1.807) is 0 Å². The largest absolute Gasteiger partial charge is 0.357 e. The van der Waals surface area contributed by atoms with Gasteiger partial charge < -0.3 is 10.6 Å². The maximum Gasteiger partial charge on any atom is 0.191 e.